The van der Waals surface area contributed by atoms with Crippen molar-refractivity contribution in [1.29, 1.82) is 0 Å². The minimum absolute atomic E-state index is 0.237. The molecule has 74 valence electrons. The largest absolute Gasteiger partial charge is 0.313 e. The van der Waals surface area contributed by atoms with Crippen LogP contribution in [0.25, 0.3) is 5.65 Å². The number of fused-ring (bicyclic) bond motifs is 1. The third-order valence-electron chi connectivity index (χ3n) is 2.25. The maximum absolute atomic E-state index is 5.80. The predicted octanol–water partition coefficient (Wildman–Crippen LogP) is 1.66. The lowest BCUT2D eigenvalue weighted by atomic mass is 10.2. The number of halogens is 1. The van der Waals surface area contributed by atoms with Crippen LogP contribution in [-0.4, -0.2) is 21.6 Å². The van der Waals surface area contributed by atoms with E-state index >= 15 is 0 Å². The second-order valence-electron chi connectivity index (χ2n) is 3.15. The summed E-state index contributed by atoms with van der Waals surface area (Å²) in [6.07, 6.45) is 5.18. The fourth-order valence-electron chi connectivity index (χ4n) is 1.33. The lowest BCUT2D eigenvalue weighted by Crippen LogP contribution is -2.12. The van der Waals surface area contributed by atoms with Gasteiger partial charge in [0, 0.05) is 17.8 Å². The standard InChI is InChI=1S/C9H11ClN4/c1-6(11-2)8-4-13-14-5-7(10)3-12-9(8)14/h3-6,11H,1-2H3. The van der Waals surface area contributed by atoms with Crippen molar-refractivity contribution in [2.45, 2.75) is 13.0 Å². The van der Waals surface area contributed by atoms with E-state index in [9.17, 15) is 0 Å². The number of aromatic nitrogens is 3. The van der Waals surface area contributed by atoms with E-state index in [-0.39, 0.29) is 6.04 Å². The van der Waals surface area contributed by atoms with Crippen LogP contribution < -0.4 is 5.32 Å². The van der Waals surface area contributed by atoms with Gasteiger partial charge in [-0.15, -0.1) is 0 Å². The van der Waals surface area contributed by atoms with Crippen molar-refractivity contribution < 1.29 is 0 Å². The van der Waals surface area contributed by atoms with Gasteiger partial charge in [0.05, 0.1) is 17.4 Å². The van der Waals surface area contributed by atoms with Crippen LogP contribution in [0.3, 0.4) is 0 Å². The SMILES string of the molecule is CNC(C)c1cnn2cc(Cl)cnc12. The summed E-state index contributed by atoms with van der Waals surface area (Å²) >= 11 is 5.80. The average molecular weight is 211 g/mol. The van der Waals surface area contributed by atoms with Crippen molar-refractivity contribution in [3.63, 3.8) is 0 Å². The predicted molar refractivity (Wildman–Crippen MR) is 55.5 cm³/mol. The summed E-state index contributed by atoms with van der Waals surface area (Å²) < 4.78 is 1.69. The summed E-state index contributed by atoms with van der Waals surface area (Å²) in [5.74, 6) is 0. The van der Waals surface area contributed by atoms with E-state index in [1.807, 2.05) is 7.05 Å². The van der Waals surface area contributed by atoms with Gasteiger partial charge in [0.1, 0.15) is 0 Å². The van der Waals surface area contributed by atoms with Crippen molar-refractivity contribution in [3.05, 3.63) is 29.2 Å². The molecule has 0 aromatic carbocycles. The van der Waals surface area contributed by atoms with E-state index in [1.165, 1.54) is 0 Å². The topological polar surface area (TPSA) is 42.2 Å². The van der Waals surface area contributed by atoms with Gasteiger partial charge >= 0.3 is 0 Å². The zero-order valence-corrected chi connectivity index (χ0v) is 8.78. The Morgan fingerprint density at radius 1 is 1.50 bits per heavy atom. The molecule has 0 radical (unpaired) electrons. The quantitative estimate of drug-likeness (QED) is 0.820. The first-order valence-corrected chi connectivity index (χ1v) is 4.76. The Labute approximate surface area is 86.9 Å². The highest BCUT2D eigenvalue weighted by Crippen LogP contribution is 2.17. The van der Waals surface area contributed by atoms with Gasteiger partial charge in [0.25, 0.3) is 0 Å². The minimum Gasteiger partial charge on any atom is -0.313 e. The molecule has 2 aromatic rings. The normalized spacial score (nSPS) is 13.4. The van der Waals surface area contributed by atoms with Crippen LogP contribution in [0.1, 0.15) is 18.5 Å². The third-order valence-corrected chi connectivity index (χ3v) is 2.45. The smallest absolute Gasteiger partial charge is 0.159 e. The summed E-state index contributed by atoms with van der Waals surface area (Å²) in [5, 5.41) is 7.91. The fraction of sp³-hybridized carbons (Fsp3) is 0.333. The Morgan fingerprint density at radius 3 is 3.00 bits per heavy atom. The van der Waals surface area contributed by atoms with Crippen LogP contribution in [-0.2, 0) is 0 Å². The fourth-order valence-corrected chi connectivity index (χ4v) is 1.47. The number of hydrogen-bond acceptors (Lipinski definition) is 3. The summed E-state index contributed by atoms with van der Waals surface area (Å²) in [6, 6.07) is 0.237. The number of nitrogens with one attached hydrogen (secondary N) is 1. The molecule has 1 N–H and O–H groups in total. The molecule has 0 saturated carbocycles. The molecule has 1 atom stereocenters. The molecule has 0 saturated heterocycles. The van der Waals surface area contributed by atoms with E-state index in [1.54, 1.807) is 23.1 Å². The molecule has 2 aromatic heterocycles. The molecular formula is C9H11ClN4. The average Bonchev–Trinajstić information content (AvgIpc) is 2.59. The second kappa shape index (κ2) is 3.55. The summed E-state index contributed by atoms with van der Waals surface area (Å²) in [6.45, 7) is 2.06. The Morgan fingerprint density at radius 2 is 2.29 bits per heavy atom. The first-order chi connectivity index (χ1) is 6.72. The van der Waals surface area contributed by atoms with Gasteiger partial charge < -0.3 is 5.32 Å². The molecular weight excluding hydrogens is 200 g/mol. The van der Waals surface area contributed by atoms with Gasteiger partial charge in [-0.25, -0.2) is 9.50 Å². The number of nitrogens with zero attached hydrogens (tertiary/aromatic N) is 3. The molecule has 4 nitrogen and oxygen atoms in total. The maximum Gasteiger partial charge on any atom is 0.159 e. The van der Waals surface area contributed by atoms with Crippen molar-refractivity contribution in [2.75, 3.05) is 7.05 Å². The van der Waals surface area contributed by atoms with E-state index in [4.69, 9.17) is 11.6 Å². The van der Waals surface area contributed by atoms with E-state index < -0.39 is 0 Å². The molecule has 5 heteroatoms. The van der Waals surface area contributed by atoms with Crippen molar-refractivity contribution in [3.8, 4) is 0 Å². The molecule has 0 aliphatic heterocycles. The van der Waals surface area contributed by atoms with Gasteiger partial charge in [-0.3, -0.25) is 0 Å². The number of hydrogen-bond donors (Lipinski definition) is 1. The van der Waals surface area contributed by atoms with E-state index in [0.29, 0.717) is 5.02 Å². The van der Waals surface area contributed by atoms with Crippen LogP contribution in [0.5, 0.6) is 0 Å². The minimum atomic E-state index is 0.237. The molecule has 0 fully saturated rings. The van der Waals surface area contributed by atoms with Crippen LogP contribution in [0.2, 0.25) is 5.02 Å². The van der Waals surface area contributed by atoms with Crippen LogP contribution >= 0.6 is 11.6 Å². The zero-order chi connectivity index (χ0) is 10.1. The van der Waals surface area contributed by atoms with Crippen LogP contribution in [0, 0.1) is 0 Å². The lowest BCUT2D eigenvalue weighted by molar-refractivity contribution is 0.655. The van der Waals surface area contributed by atoms with Gasteiger partial charge in [-0.1, -0.05) is 11.6 Å². The molecule has 0 spiro atoms. The first-order valence-electron chi connectivity index (χ1n) is 4.38. The molecule has 0 amide bonds. The molecule has 0 aliphatic carbocycles. The van der Waals surface area contributed by atoms with Gasteiger partial charge in [0.15, 0.2) is 5.65 Å². The maximum atomic E-state index is 5.80. The summed E-state index contributed by atoms with van der Waals surface area (Å²) in [5.41, 5.74) is 1.92. The molecule has 0 aliphatic rings. The molecule has 1 unspecified atom stereocenters. The number of rotatable bonds is 2. The lowest BCUT2D eigenvalue weighted by Gasteiger charge is -2.06. The highest BCUT2D eigenvalue weighted by Gasteiger charge is 2.10. The molecule has 2 heterocycles. The Balaban J connectivity index is 2.58. The highest BCUT2D eigenvalue weighted by molar-refractivity contribution is 6.30. The molecule has 0 bridgehead atoms. The van der Waals surface area contributed by atoms with E-state index in [2.05, 4.69) is 22.3 Å². The van der Waals surface area contributed by atoms with Crippen LogP contribution in [0.15, 0.2) is 18.6 Å². The van der Waals surface area contributed by atoms with Crippen LogP contribution in [0.4, 0.5) is 0 Å². The van der Waals surface area contributed by atoms with Crippen molar-refractivity contribution in [2.24, 2.45) is 0 Å². The third kappa shape index (κ3) is 1.47. The molecule has 2 rings (SSSR count). The van der Waals surface area contributed by atoms with Gasteiger partial charge in [-0.2, -0.15) is 5.10 Å². The monoisotopic (exact) mass is 210 g/mol. The van der Waals surface area contributed by atoms with Crippen molar-refractivity contribution >= 4 is 17.2 Å². The highest BCUT2D eigenvalue weighted by atomic mass is 35.5. The summed E-state index contributed by atoms with van der Waals surface area (Å²) in [7, 11) is 1.91. The first kappa shape index (κ1) is 9.43. The van der Waals surface area contributed by atoms with E-state index in [0.717, 1.165) is 11.2 Å². The second-order valence-corrected chi connectivity index (χ2v) is 3.59. The summed E-state index contributed by atoms with van der Waals surface area (Å²) in [4.78, 5) is 4.24. The van der Waals surface area contributed by atoms with Crippen molar-refractivity contribution in [1.82, 2.24) is 19.9 Å². The van der Waals surface area contributed by atoms with Gasteiger partial charge in [0.2, 0.25) is 0 Å². The Kier molecular flexibility index (Phi) is 2.39. The Hall–Kier alpha value is -1.13. The van der Waals surface area contributed by atoms with Gasteiger partial charge in [-0.05, 0) is 14.0 Å². The zero-order valence-electron chi connectivity index (χ0n) is 8.03. The molecule has 14 heavy (non-hydrogen) atoms. The Bertz CT molecular complexity index is 451.